The first-order valence-corrected chi connectivity index (χ1v) is 13.8. The van der Waals surface area contributed by atoms with E-state index in [2.05, 4.69) is 5.32 Å². The number of ether oxygens (including phenoxy) is 3. The van der Waals surface area contributed by atoms with Crippen molar-refractivity contribution in [2.45, 2.75) is 57.8 Å². The molecular weight excluding hydrogens is 502 g/mol. The second-order valence-electron chi connectivity index (χ2n) is 9.35. The number of hydrogen-bond donors (Lipinski definition) is 1. The van der Waals surface area contributed by atoms with Gasteiger partial charge in [0.2, 0.25) is 0 Å². The number of hydrogen-bond acceptors (Lipinski definition) is 7. The van der Waals surface area contributed by atoms with Crippen molar-refractivity contribution in [3.05, 3.63) is 76.0 Å². The van der Waals surface area contributed by atoms with Gasteiger partial charge >= 0.3 is 6.09 Å². The van der Waals surface area contributed by atoms with Crippen molar-refractivity contribution in [3.8, 4) is 11.5 Å². The monoisotopic (exact) mass is 533 g/mol. The van der Waals surface area contributed by atoms with Crippen molar-refractivity contribution in [2.75, 3.05) is 12.4 Å². The molecule has 3 aromatic rings. The molecule has 1 fully saturated rings. The molecule has 1 aliphatic heterocycles. The highest BCUT2D eigenvalue weighted by Gasteiger charge is 2.31. The van der Waals surface area contributed by atoms with E-state index in [0.717, 1.165) is 24.0 Å². The summed E-state index contributed by atoms with van der Waals surface area (Å²) in [5.41, 5.74) is 2.93. The Balaban J connectivity index is 1.38. The Bertz CT molecular complexity index is 1320. The Morgan fingerprint density at radius 1 is 1.13 bits per heavy atom. The molecule has 0 spiro atoms. The average molecular weight is 534 g/mol. The normalized spacial score (nSPS) is 17.6. The van der Waals surface area contributed by atoms with Crippen LogP contribution in [-0.2, 0) is 11.3 Å². The molecule has 2 heterocycles. The molecule has 1 aliphatic carbocycles. The van der Waals surface area contributed by atoms with Crippen molar-refractivity contribution >= 4 is 34.7 Å². The highest BCUT2D eigenvalue weighted by molar-refractivity contribution is 7.12. The van der Waals surface area contributed by atoms with Crippen LogP contribution in [0.25, 0.3) is 0 Å². The van der Waals surface area contributed by atoms with Gasteiger partial charge in [0.25, 0.3) is 5.91 Å². The van der Waals surface area contributed by atoms with Gasteiger partial charge in [-0.05, 0) is 79.4 Å². The van der Waals surface area contributed by atoms with Gasteiger partial charge < -0.3 is 19.5 Å². The highest BCUT2D eigenvalue weighted by Crippen LogP contribution is 2.34. The molecular formula is C29H31N3O5S. The predicted molar refractivity (Wildman–Crippen MR) is 147 cm³/mol. The van der Waals surface area contributed by atoms with E-state index in [-0.39, 0.29) is 18.6 Å². The molecule has 198 valence electrons. The molecule has 1 saturated carbocycles. The Hall–Kier alpha value is -3.85. The van der Waals surface area contributed by atoms with E-state index in [4.69, 9.17) is 19.3 Å². The van der Waals surface area contributed by atoms with E-state index in [9.17, 15) is 9.59 Å². The van der Waals surface area contributed by atoms with Gasteiger partial charge in [0.1, 0.15) is 11.8 Å². The first-order valence-electron chi connectivity index (χ1n) is 12.9. The minimum atomic E-state index is -0.510. The summed E-state index contributed by atoms with van der Waals surface area (Å²) < 4.78 is 17.6. The van der Waals surface area contributed by atoms with Crippen molar-refractivity contribution in [2.24, 2.45) is 5.10 Å². The number of benzene rings is 2. The van der Waals surface area contributed by atoms with Gasteiger partial charge in [0.15, 0.2) is 11.5 Å². The van der Waals surface area contributed by atoms with Crippen molar-refractivity contribution in [1.29, 1.82) is 0 Å². The smallest absolute Gasteiger partial charge is 0.431 e. The summed E-state index contributed by atoms with van der Waals surface area (Å²) in [5.74, 6) is 1.17. The van der Waals surface area contributed by atoms with E-state index in [1.54, 1.807) is 13.2 Å². The molecule has 5 rings (SSSR count). The topological polar surface area (TPSA) is 89.5 Å². The number of carbonyl (C=O) groups is 2. The maximum atomic E-state index is 12.8. The zero-order chi connectivity index (χ0) is 26.5. The number of amides is 2. The number of anilines is 1. The summed E-state index contributed by atoms with van der Waals surface area (Å²) in [6.45, 7) is 2.16. The fourth-order valence-electron chi connectivity index (χ4n) is 4.73. The van der Waals surface area contributed by atoms with Gasteiger partial charge in [-0.2, -0.15) is 10.1 Å². The van der Waals surface area contributed by atoms with Crippen molar-refractivity contribution in [1.82, 2.24) is 5.01 Å². The summed E-state index contributed by atoms with van der Waals surface area (Å²) in [6, 6.07) is 16.7. The fraction of sp³-hybridized carbons (Fsp3) is 0.345. The number of nitrogens with one attached hydrogen (secondary N) is 1. The van der Waals surface area contributed by atoms with Crippen LogP contribution in [0.1, 0.15) is 59.8 Å². The number of methoxy groups -OCH3 is 1. The molecule has 1 aromatic heterocycles. The van der Waals surface area contributed by atoms with Crippen LogP contribution in [0.2, 0.25) is 0 Å². The third kappa shape index (κ3) is 5.83. The second-order valence-corrected chi connectivity index (χ2v) is 10.3. The lowest BCUT2D eigenvalue weighted by molar-refractivity contribution is 0.0712. The van der Waals surface area contributed by atoms with Crippen LogP contribution >= 0.6 is 11.3 Å². The molecule has 0 saturated heterocycles. The molecule has 1 atom stereocenters. The zero-order valence-corrected chi connectivity index (χ0v) is 22.3. The lowest BCUT2D eigenvalue weighted by atomic mass is 10.0. The Labute approximate surface area is 226 Å². The summed E-state index contributed by atoms with van der Waals surface area (Å²) >= 11 is 1.38. The quantitative estimate of drug-likeness (QED) is 0.341. The summed E-state index contributed by atoms with van der Waals surface area (Å²) in [4.78, 5) is 25.9. The molecule has 0 bridgehead atoms. The van der Waals surface area contributed by atoms with Crippen LogP contribution in [0.5, 0.6) is 11.5 Å². The molecule has 0 radical (unpaired) electrons. The van der Waals surface area contributed by atoms with Crippen LogP contribution in [0.15, 0.2) is 65.1 Å². The third-order valence-corrected chi connectivity index (χ3v) is 7.54. The molecule has 38 heavy (non-hydrogen) atoms. The van der Waals surface area contributed by atoms with E-state index < -0.39 is 12.2 Å². The zero-order valence-electron chi connectivity index (χ0n) is 21.5. The van der Waals surface area contributed by atoms with Gasteiger partial charge in [-0.1, -0.05) is 25.1 Å². The lowest BCUT2D eigenvalue weighted by Gasteiger charge is -2.29. The SMILES string of the molecule is CCC1OC(=O)N(Cc2cccc(NC(=O)c3cccs3)c2)N=C1c1ccc(OC)c(OC2CCCC2)c1. The maximum Gasteiger partial charge on any atom is 0.431 e. The minimum Gasteiger partial charge on any atom is -0.493 e. The summed E-state index contributed by atoms with van der Waals surface area (Å²) in [5, 5.41) is 10.8. The van der Waals surface area contributed by atoms with Gasteiger partial charge in [0.05, 0.1) is 24.6 Å². The Kier molecular flexibility index (Phi) is 7.93. The number of carbonyl (C=O) groups excluding carboxylic acids is 2. The molecule has 1 N–H and O–H groups in total. The van der Waals surface area contributed by atoms with Gasteiger partial charge in [-0.3, -0.25) is 4.79 Å². The van der Waals surface area contributed by atoms with Gasteiger partial charge in [-0.15, -0.1) is 11.3 Å². The average Bonchev–Trinajstić information content (AvgIpc) is 3.65. The van der Waals surface area contributed by atoms with Crippen molar-refractivity contribution < 1.29 is 23.8 Å². The number of cyclic esters (lactones) is 1. The van der Waals surface area contributed by atoms with Crippen LogP contribution in [-0.4, -0.2) is 42.0 Å². The molecule has 8 nitrogen and oxygen atoms in total. The third-order valence-electron chi connectivity index (χ3n) is 6.68. The molecule has 9 heteroatoms. The Morgan fingerprint density at radius 3 is 2.71 bits per heavy atom. The first-order chi connectivity index (χ1) is 18.5. The predicted octanol–water partition coefficient (Wildman–Crippen LogP) is 6.47. The van der Waals surface area contributed by atoms with Crippen LogP contribution in [0, 0.1) is 0 Å². The Morgan fingerprint density at radius 2 is 1.97 bits per heavy atom. The first kappa shape index (κ1) is 25.8. The van der Waals surface area contributed by atoms with Crippen LogP contribution < -0.4 is 14.8 Å². The number of hydrazone groups is 1. The van der Waals surface area contributed by atoms with Crippen LogP contribution in [0.4, 0.5) is 10.5 Å². The lowest BCUT2D eigenvalue weighted by Crippen LogP contribution is -2.41. The highest BCUT2D eigenvalue weighted by atomic mass is 32.1. The van der Waals surface area contributed by atoms with E-state index in [1.807, 2.05) is 60.8 Å². The standard InChI is InChI=1S/C29H31N3O5S/c1-3-23-27(20-13-14-24(35-2)25(17-20)36-22-10-4-5-11-22)31-32(29(34)37-23)18-19-8-6-9-21(16-19)30-28(33)26-12-7-15-38-26/h6-9,12-17,22-23H,3-5,10-11,18H2,1-2H3,(H,30,33). The van der Waals surface area contributed by atoms with Gasteiger partial charge in [0, 0.05) is 11.3 Å². The van der Waals surface area contributed by atoms with E-state index >= 15 is 0 Å². The number of nitrogens with zero attached hydrogens (tertiary/aromatic N) is 2. The molecule has 2 aliphatic rings. The summed E-state index contributed by atoms with van der Waals surface area (Å²) in [7, 11) is 1.63. The van der Waals surface area contributed by atoms with Crippen molar-refractivity contribution in [3.63, 3.8) is 0 Å². The number of thiophene rings is 1. The largest absolute Gasteiger partial charge is 0.493 e. The molecule has 2 amide bonds. The number of rotatable bonds is 9. The minimum absolute atomic E-state index is 0.171. The maximum absolute atomic E-state index is 12.8. The fourth-order valence-corrected chi connectivity index (χ4v) is 5.35. The van der Waals surface area contributed by atoms with Gasteiger partial charge in [-0.25, -0.2) is 4.79 Å². The van der Waals surface area contributed by atoms with E-state index in [0.29, 0.717) is 34.2 Å². The molecule has 2 aromatic carbocycles. The van der Waals surface area contributed by atoms with E-state index in [1.165, 1.54) is 29.2 Å². The summed E-state index contributed by atoms with van der Waals surface area (Å²) in [6.07, 6.45) is 4.19. The van der Waals surface area contributed by atoms with Crippen LogP contribution in [0.3, 0.4) is 0 Å². The molecule has 1 unspecified atom stereocenters. The second kappa shape index (κ2) is 11.7.